The quantitative estimate of drug-likeness (QED) is 0.661. The first kappa shape index (κ1) is 10.6. The van der Waals surface area contributed by atoms with E-state index in [4.69, 9.17) is 4.74 Å². The number of hydrogen-bond donors (Lipinski definition) is 1. The van der Waals surface area contributed by atoms with E-state index in [-0.39, 0.29) is 0 Å². The number of halogens is 1. The summed E-state index contributed by atoms with van der Waals surface area (Å²) in [6.45, 7) is 0.816. The molecule has 0 spiro atoms. The summed E-state index contributed by atoms with van der Waals surface area (Å²) in [5.74, 6) is 1.94. The van der Waals surface area contributed by atoms with Gasteiger partial charge in [0.15, 0.2) is 0 Å². The third-order valence-electron chi connectivity index (χ3n) is 2.66. The third kappa shape index (κ3) is 2.37. The summed E-state index contributed by atoms with van der Waals surface area (Å²) in [6, 6.07) is 8.13. The second kappa shape index (κ2) is 4.31. The van der Waals surface area contributed by atoms with Gasteiger partial charge in [-0.1, -0.05) is 12.1 Å². The highest BCUT2D eigenvalue weighted by Gasteiger charge is 2.42. The van der Waals surface area contributed by atoms with E-state index in [2.05, 4.69) is 41.3 Å². The minimum Gasteiger partial charge on any atom is -0.492 e. The predicted molar refractivity (Wildman–Crippen MR) is 70.2 cm³/mol. The number of hydrogen-bond acceptors (Lipinski definition) is 2. The van der Waals surface area contributed by atoms with Crippen LogP contribution in [0.5, 0.6) is 5.75 Å². The smallest absolute Gasteiger partial charge is 0.132 e. The molecule has 1 fully saturated rings. The maximum Gasteiger partial charge on any atom is 0.132 e. The molecule has 1 aliphatic carbocycles. The maximum atomic E-state index is 5.80. The largest absolute Gasteiger partial charge is 0.492 e. The molecule has 0 N–H and O–H groups in total. The minimum absolute atomic E-state index is 0.377. The first-order valence-corrected chi connectivity index (χ1v) is 6.45. The lowest BCUT2D eigenvalue weighted by atomic mass is 10.2. The molecule has 0 atom stereocenters. The van der Waals surface area contributed by atoms with Gasteiger partial charge in [-0.3, -0.25) is 0 Å². The topological polar surface area (TPSA) is 9.23 Å². The highest BCUT2D eigenvalue weighted by atomic mass is 127. The normalized spacial score (nSPS) is 17.9. The molecule has 0 aromatic heterocycles. The molecule has 1 nitrogen and oxygen atoms in total. The van der Waals surface area contributed by atoms with Gasteiger partial charge < -0.3 is 4.74 Å². The molecule has 3 heteroatoms. The summed E-state index contributed by atoms with van der Waals surface area (Å²) in [7, 11) is 0. The third-order valence-corrected chi connectivity index (χ3v) is 4.23. The second-order valence-electron chi connectivity index (χ2n) is 3.88. The van der Waals surface area contributed by atoms with E-state index in [9.17, 15) is 0 Å². The van der Waals surface area contributed by atoms with Crippen LogP contribution in [0.4, 0.5) is 0 Å². The van der Waals surface area contributed by atoms with Gasteiger partial charge in [0.25, 0.3) is 0 Å². The van der Waals surface area contributed by atoms with Gasteiger partial charge in [0.2, 0.25) is 0 Å². The SMILES string of the molecule is SCC1(COc2ccccc2I)CC1. The van der Waals surface area contributed by atoms with Crippen LogP contribution in [-0.4, -0.2) is 12.4 Å². The average Bonchev–Trinajstić information content (AvgIpc) is 2.98. The maximum absolute atomic E-state index is 5.80. The van der Waals surface area contributed by atoms with Crippen LogP contribution in [0.2, 0.25) is 0 Å². The van der Waals surface area contributed by atoms with Crippen molar-refractivity contribution in [3.8, 4) is 5.75 Å². The highest BCUT2D eigenvalue weighted by Crippen LogP contribution is 2.46. The van der Waals surface area contributed by atoms with Gasteiger partial charge in [-0.05, 0) is 53.3 Å². The Bertz CT molecular complexity index is 323. The van der Waals surface area contributed by atoms with Crippen molar-refractivity contribution in [3.05, 3.63) is 27.8 Å². The van der Waals surface area contributed by atoms with Crippen molar-refractivity contribution in [1.29, 1.82) is 0 Å². The molecular formula is C11H13IOS. The Morgan fingerprint density at radius 3 is 2.64 bits per heavy atom. The van der Waals surface area contributed by atoms with Crippen LogP contribution in [-0.2, 0) is 0 Å². The van der Waals surface area contributed by atoms with E-state index in [1.54, 1.807) is 0 Å². The van der Waals surface area contributed by atoms with Crippen LogP contribution in [0.15, 0.2) is 24.3 Å². The molecule has 2 rings (SSSR count). The van der Waals surface area contributed by atoms with Gasteiger partial charge in [-0.25, -0.2) is 0 Å². The van der Waals surface area contributed by atoms with Gasteiger partial charge in [-0.2, -0.15) is 12.6 Å². The fourth-order valence-corrected chi connectivity index (χ4v) is 2.27. The van der Waals surface area contributed by atoms with Gasteiger partial charge in [0, 0.05) is 5.41 Å². The number of para-hydroxylation sites is 1. The van der Waals surface area contributed by atoms with Crippen molar-refractivity contribution >= 4 is 35.2 Å². The summed E-state index contributed by atoms with van der Waals surface area (Å²) in [5.41, 5.74) is 0.377. The Hall–Kier alpha value is 0.100. The second-order valence-corrected chi connectivity index (χ2v) is 5.36. The zero-order valence-corrected chi connectivity index (χ0v) is 10.9. The first-order chi connectivity index (χ1) is 6.76. The summed E-state index contributed by atoms with van der Waals surface area (Å²) >= 11 is 6.65. The van der Waals surface area contributed by atoms with Gasteiger partial charge in [0.1, 0.15) is 5.75 Å². The summed E-state index contributed by atoms with van der Waals surface area (Å²) in [4.78, 5) is 0. The lowest BCUT2D eigenvalue weighted by molar-refractivity contribution is 0.249. The molecule has 0 aliphatic heterocycles. The van der Waals surface area contributed by atoms with Gasteiger partial charge >= 0.3 is 0 Å². The summed E-state index contributed by atoms with van der Waals surface area (Å²) in [6.07, 6.45) is 2.53. The molecule has 0 saturated heterocycles. The van der Waals surface area contributed by atoms with Crippen LogP contribution >= 0.6 is 35.2 Å². The molecule has 1 saturated carbocycles. The van der Waals surface area contributed by atoms with Gasteiger partial charge in [0.05, 0.1) is 10.2 Å². The zero-order valence-electron chi connectivity index (χ0n) is 7.87. The Morgan fingerprint density at radius 1 is 1.36 bits per heavy atom. The Balaban J connectivity index is 1.95. The lowest BCUT2D eigenvalue weighted by Crippen LogP contribution is -2.14. The molecule has 0 radical (unpaired) electrons. The molecule has 14 heavy (non-hydrogen) atoms. The van der Waals surface area contributed by atoms with E-state index in [0.29, 0.717) is 5.41 Å². The zero-order chi connectivity index (χ0) is 10.0. The molecule has 0 bridgehead atoms. The average molecular weight is 320 g/mol. The number of thiol groups is 1. The monoisotopic (exact) mass is 320 g/mol. The van der Waals surface area contributed by atoms with Crippen molar-refractivity contribution < 1.29 is 4.74 Å². The first-order valence-electron chi connectivity index (χ1n) is 4.74. The molecular weight excluding hydrogens is 307 g/mol. The van der Waals surface area contributed by atoms with Crippen molar-refractivity contribution in [2.75, 3.05) is 12.4 Å². The highest BCUT2D eigenvalue weighted by molar-refractivity contribution is 14.1. The van der Waals surface area contributed by atoms with E-state index < -0.39 is 0 Å². The van der Waals surface area contributed by atoms with Crippen LogP contribution in [0.3, 0.4) is 0 Å². The number of benzene rings is 1. The van der Waals surface area contributed by atoms with E-state index in [1.165, 1.54) is 16.4 Å². The predicted octanol–water partition coefficient (Wildman–Crippen LogP) is 3.38. The molecule has 0 amide bonds. The fraction of sp³-hybridized carbons (Fsp3) is 0.455. The number of ether oxygens (including phenoxy) is 1. The molecule has 1 aromatic carbocycles. The summed E-state index contributed by atoms with van der Waals surface area (Å²) < 4.78 is 6.98. The Labute approximate surface area is 104 Å². The van der Waals surface area contributed by atoms with Crippen LogP contribution in [0.1, 0.15) is 12.8 Å². The molecule has 76 valence electrons. The van der Waals surface area contributed by atoms with Crippen molar-refractivity contribution in [1.82, 2.24) is 0 Å². The number of rotatable bonds is 4. The molecule has 1 aromatic rings. The standard InChI is InChI=1S/C11H13IOS/c12-9-3-1-2-4-10(9)13-7-11(8-14)5-6-11/h1-4,14H,5-8H2. The van der Waals surface area contributed by atoms with E-state index >= 15 is 0 Å². The van der Waals surface area contributed by atoms with Crippen molar-refractivity contribution in [2.45, 2.75) is 12.8 Å². The Morgan fingerprint density at radius 2 is 2.07 bits per heavy atom. The van der Waals surface area contributed by atoms with Crippen LogP contribution in [0, 0.1) is 8.99 Å². The summed E-state index contributed by atoms with van der Waals surface area (Å²) in [5, 5.41) is 0. The van der Waals surface area contributed by atoms with Crippen LogP contribution in [0.25, 0.3) is 0 Å². The van der Waals surface area contributed by atoms with Crippen LogP contribution < -0.4 is 4.74 Å². The van der Waals surface area contributed by atoms with Crippen molar-refractivity contribution in [3.63, 3.8) is 0 Å². The fourth-order valence-electron chi connectivity index (χ4n) is 1.32. The lowest BCUT2D eigenvalue weighted by Gasteiger charge is -2.14. The van der Waals surface area contributed by atoms with E-state index in [0.717, 1.165) is 18.1 Å². The molecule has 0 unspecified atom stereocenters. The van der Waals surface area contributed by atoms with Gasteiger partial charge in [-0.15, -0.1) is 0 Å². The van der Waals surface area contributed by atoms with E-state index in [1.807, 2.05) is 18.2 Å². The molecule has 0 heterocycles. The van der Waals surface area contributed by atoms with Crippen molar-refractivity contribution in [2.24, 2.45) is 5.41 Å². The molecule has 1 aliphatic rings. The minimum atomic E-state index is 0.377. The Kier molecular flexibility index (Phi) is 3.27.